The van der Waals surface area contributed by atoms with Crippen LogP contribution in [0.1, 0.15) is 31.2 Å². The smallest absolute Gasteiger partial charge is 0.225 e. The SMILES string of the molecule is O=C(Cc1ccccc1)NC(N1CCCCCC1)C(Cl)(Cl)Cl. The zero-order valence-electron chi connectivity index (χ0n) is 12.4. The molecule has 0 aromatic heterocycles. The number of nitrogens with one attached hydrogen (secondary N) is 1. The van der Waals surface area contributed by atoms with E-state index in [1.165, 1.54) is 12.8 Å². The second-order valence-corrected chi connectivity index (χ2v) is 7.99. The molecule has 1 aliphatic rings. The van der Waals surface area contributed by atoms with Crippen LogP contribution in [0.2, 0.25) is 0 Å². The summed E-state index contributed by atoms with van der Waals surface area (Å²) in [4.78, 5) is 14.4. The number of halogens is 3. The number of alkyl halides is 3. The van der Waals surface area contributed by atoms with E-state index in [1.54, 1.807) is 0 Å². The highest BCUT2D eigenvalue weighted by molar-refractivity contribution is 6.68. The molecule has 1 aliphatic heterocycles. The maximum Gasteiger partial charge on any atom is 0.225 e. The molecule has 2 rings (SSSR count). The predicted molar refractivity (Wildman–Crippen MR) is 92.4 cm³/mol. The Hall–Kier alpha value is -0.480. The Labute approximate surface area is 146 Å². The van der Waals surface area contributed by atoms with Gasteiger partial charge in [-0.15, -0.1) is 0 Å². The molecular formula is C16H21Cl3N2O. The lowest BCUT2D eigenvalue weighted by Gasteiger charge is -2.35. The number of hydrogen-bond donors (Lipinski definition) is 1. The van der Waals surface area contributed by atoms with Gasteiger partial charge in [-0.05, 0) is 18.4 Å². The van der Waals surface area contributed by atoms with E-state index in [2.05, 4.69) is 10.2 Å². The second kappa shape index (κ2) is 8.39. The molecule has 0 bridgehead atoms. The zero-order valence-corrected chi connectivity index (χ0v) is 14.7. The largest absolute Gasteiger partial charge is 0.336 e. The minimum absolute atomic E-state index is 0.133. The molecule has 0 radical (unpaired) electrons. The summed E-state index contributed by atoms with van der Waals surface area (Å²) in [7, 11) is 0. The zero-order chi connectivity index (χ0) is 16.0. The van der Waals surface area contributed by atoms with E-state index in [0.29, 0.717) is 0 Å². The first-order valence-electron chi connectivity index (χ1n) is 7.61. The Morgan fingerprint density at radius 1 is 1.09 bits per heavy atom. The van der Waals surface area contributed by atoms with Crippen molar-refractivity contribution in [3.8, 4) is 0 Å². The molecule has 1 amide bonds. The molecule has 1 aromatic rings. The van der Waals surface area contributed by atoms with Crippen molar-refractivity contribution in [3.05, 3.63) is 35.9 Å². The highest BCUT2D eigenvalue weighted by Gasteiger charge is 2.38. The molecule has 1 heterocycles. The fraction of sp³-hybridized carbons (Fsp3) is 0.562. The summed E-state index contributed by atoms with van der Waals surface area (Å²) in [5.74, 6) is -0.133. The Morgan fingerprint density at radius 2 is 1.68 bits per heavy atom. The molecule has 0 aliphatic carbocycles. The van der Waals surface area contributed by atoms with Crippen molar-refractivity contribution in [3.63, 3.8) is 0 Å². The second-order valence-electron chi connectivity index (χ2n) is 5.62. The number of amides is 1. The van der Waals surface area contributed by atoms with Gasteiger partial charge in [0.05, 0.1) is 6.42 Å². The average Bonchev–Trinajstić information content (AvgIpc) is 2.73. The van der Waals surface area contributed by atoms with Crippen LogP contribution < -0.4 is 5.32 Å². The third-order valence-corrected chi connectivity index (χ3v) is 4.44. The molecule has 0 spiro atoms. The van der Waals surface area contributed by atoms with Crippen LogP contribution in [-0.2, 0) is 11.2 Å². The predicted octanol–water partition coefficient (Wildman–Crippen LogP) is 3.92. The van der Waals surface area contributed by atoms with Crippen LogP contribution in [0.3, 0.4) is 0 Å². The van der Waals surface area contributed by atoms with Gasteiger partial charge in [-0.3, -0.25) is 9.69 Å². The standard InChI is InChI=1S/C16H21Cl3N2O/c17-16(18,19)15(21-10-6-1-2-7-11-21)20-14(22)12-13-8-4-3-5-9-13/h3-5,8-9,15H,1-2,6-7,10-12H2,(H,20,22). The van der Waals surface area contributed by atoms with E-state index < -0.39 is 9.96 Å². The Balaban J connectivity index is 2.01. The lowest BCUT2D eigenvalue weighted by molar-refractivity contribution is -0.122. The Kier molecular flexibility index (Phi) is 6.82. The van der Waals surface area contributed by atoms with E-state index in [9.17, 15) is 4.79 Å². The molecule has 0 saturated carbocycles. The van der Waals surface area contributed by atoms with Crippen LogP contribution in [0.25, 0.3) is 0 Å². The number of carbonyl (C=O) groups is 1. The van der Waals surface area contributed by atoms with E-state index in [0.717, 1.165) is 31.5 Å². The van der Waals surface area contributed by atoms with Crippen molar-refractivity contribution in [1.29, 1.82) is 0 Å². The summed E-state index contributed by atoms with van der Waals surface area (Å²) in [6.45, 7) is 1.67. The Bertz CT molecular complexity index is 468. The number of nitrogens with zero attached hydrogens (tertiary/aromatic N) is 1. The average molecular weight is 364 g/mol. The third-order valence-electron chi connectivity index (χ3n) is 3.82. The molecule has 3 nitrogen and oxygen atoms in total. The molecule has 1 saturated heterocycles. The molecule has 22 heavy (non-hydrogen) atoms. The summed E-state index contributed by atoms with van der Waals surface area (Å²) < 4.78 is -1.54. The first-order valence-corrected chi connectivity index (χ1v) is 8.74. The van der Waals surface area contributed by atoms with Gasteiger partial charge in [0.2, 0.25) is 9.70 Å². The van der Waals surface area contributed by atoms with Crippen LogP contribution in [-0.4, -0.2) is 33.9 Å². The van der Waals surface area contributed by atoms with Gasteiger partial charge in [-0.25, -0.2) is 0 Å². The fourth-order valence-corrected chi connectivity index (χ4v) is 3.30. The van der Waals surface area contributed by atoms with Crippen LogP contribution in [0.15, 0.2) is 30.3 Å². The quantitative estimate of drug-likeness (QED) is 0.822. The number of rotatable bonds is 4. The topological polar surface area (TPSA) is 32.3 Å². The maximum absolute atomic E-state index is 12.3. The van der Waals surface area contributed by atoms with Crippen molar-refractivity contribution in [1.82, 2.24) is 10.2 Å². The molecule has 122 valence electrons. The number of hydrogen-bond acceptors (Lipinski definition) is 2. The summed E-state index contributed by atoms with van der Waals surface area (Å²) in [5.41, 5.74) is 0.943. The molecular weight excluding hydrogens is 343 g/mol. The summed E-state index contributed by atoms with van der Waals surface area (Å²) in [6, 6.07) is 9.56. The monoisotopic (exact) mass is 362 g/mol. The molecule has 1 aromatic carbocycles. The summed E-state index contributed by atoms with van der Waals surface area (Å²) in [6.07, 6.45) is 4.18. The van der Waals surface area contributed by atoms with Gasteiger partial charge >= 0.3 is 0 Å². The fourth-order valence-electron chi connectivity index (χ4n) is 2.72. The Morgan fingerprint density at radius 3 is 2.23 bits per heavy atom. The van der Waals surface area contributed by atoms with E-state index >= 15 is 0 Å². The minimum atomic E-state index is -1.54. The molecule has 1 atom stereocenters. The van der Waals surface area contributed by atoms with Gasteiger partial charge in [-0.1, -0.05) is 78.0 Å². The molecule has 1 fully saturated rings. The van der Waals surface area contributed by atoms with Crippen LogP contribution in [0.4, 0.5) is 0 Å². The van der Waals surface area contributed by atoms with E-state index in [4.69, 9.17) is 34.8 Å². The van der Waals surface area contributed by atoms with E-state index in [-0.39, 0.29) is 12.3 Å². The van der Waals surface area contributed by atoms with Crippen LogP contribution >= 0.6 is 34.8 Å². The normalized spacial score (nSPS) is 18.5. The van der Waals surface area contributed by atoms with Crippen molar-refractivity contribution in [2.45, 2.75) is 42.1 Å². The molecule has 6 heteroatoms. The van der Waals surface area contributed by atoms with Gasteiger partial charge in [0.1, 0.15) is 6.17 Å². The van der Waals surface area contributed by atoms with Crippen LogP contribution in [0, 0.1) is 0 Å². The number of benzene rings is 1. The summed E-state index contributed by atoms with van der Waals surface area (Å²) in [5, 5.41) is 2.89. The van der Waals surface area contributed by atoms with Gasteiger partial charge in [-0.2, -0.15) is 0 Å². The van der Waals surface area contributed by atoms with Gasteiger partial charge in [0.15, 0.2) is 0 Å². The molecule has 1 unspecified atom stereocenters. The number of carbonyl (C=O) groups excluding carboxylic acids is 1. The third kappa shape index (κ3) is 5.62. The van der Waals surface area contributed by atoms with Gasteiger partial charge < -0.3 is 5.32 Å². The van der Waals surface area contributed by atoms with E-state index in [1.807, 2.05) is 30.3 Å². The first-order chi connectivity index (χ1) is 10.5. The lowest BCUT2D eigenvalue weighted by atomic mass is 10.1. The van der Waals surface area contributed by atoms with Crippen molar-refractivity contribution in [2.24, 2.45) is 0 Å². The minimum Gasteiger partial charge on any atom is -0.336 e. The first kappa shape index (κ1) is 17.9. The van der Waals surface area contributed by atoms with Crippen molar-refractivity contribution < 1.29 is 4.79 Å². The highest BCUT2D eigenvalue weighted by atomic mass is 35.6. The summed E-state index contributed by atoms with van der Waals surface area (Å²) >= 11 is 18.3. The van der Waals surface area contributed by atoms with Crippen molar-refractivity contribution >= 4 is 40.7 Å². The number of likely N-dealkylation sites (tertiary alicyclic amines) is 1. The van der Waals surface area contributed by atoms with Crippen molar-refractivity contribution in [2.75, 3.05) is 13.1 Å². The van der Waals surface area contributed by atoms with Gasteiger partial charge in [0, 0.05) is 13.1 Å². The highest BCUT2D eigenvalue weighted by Crippen LogP contribution is 2.33. The lowest BCUT2D eigenvalue weighted by Crippen LogP contribution is -2.56. The van der Waals surface area contributed by atoms with Gasteiger partial charge in [0.25, 0.3) is 0 Å². The van der Waals surface area contributed by atoms with Crippen LogP contribution in [0.5, 0.6) is 0 Å². The molecule has 1 N–H and O–H groups in total. The maximum atomic E-state index is 12.3.